The normalized spacial score (nSPS) is 23.3. The molecule has 5 N–H and O–H groups in total. The van der Waals surface area contributed by atoms with E-state index in [4.69, 9.17) is 11.5 Å². The first-order valence-corrected chi connectivity index (χ1v) is 8.09. The van der Waals surface area contributed by atoms with Gasteiger partial charge in [-0.3, -0.25) is 4.79 Å². The Bertz CT molecular complexity index is 659. The van der Waals surface area contributed by atoms with Crippen molar-refractivity contribution in [3.63, 3.8) is 0 Å². The predicted molar refractivity (Wildman–Crippen MR) is 77.7 cm³/mol. The van der Waals surface area contributed by atoms with Gasteiger partial charge in [0.05, 0.1) is 11.0 Å². The van der Waals surface area contributed by atoms with E-state index < -0.39 is 28.1 Å². The van der Waals surface area contributed by atoms with E-state index in [1.165, 1.54) is 6.07 Å². The fourth-order valence-corrected chi connectivity index (χ4v) is 4.51. The van der Waals surface area contributed by atoms with Crippen LogP contribution in [0.5, 0.6) is 0 Å². The Morgan fingerprint density at radius 1 is 1.48 bits per heavy atom. The number of nitrogens with two attached hydrogens (primary N) is 2. The zero-order valence-corrected chi connectivity index (χ0v) is 12.5. The average molecular weight is 313 g/mol. The molecule has 0 aromatic heterocycles. The molecule has 2 unspecified atom stereocenters. The van der Waals surface area contributed by atoms with Gasteiger partial charge in [-0.15, -0.1) is 0 Å². The Kier molecular flexibility index (Phi) is 4.22. The lowest BCUT2D eigenvalue weighted by Crippen LogP contribution is -2.43. The molecule has 0 saturated carbocycles. The number of sulfonamides is 1. The SMILES string of the molecule is CCc1ccc(N)cc1S(=O)(=O)N1CC(O)CC1C(N)=O. The predicted octanol–water partition coefficient (Wildman–Crippen LogP) is -0.560. The standard InChI is InChI=1S/C13H19N3O4S/c1-2-8-3-4-9(14)5-12(8)21(19,20)16-7-10(17)6-11(16)13(15)18/h3-5,10-11,17H,2,6-7,14H2,1H3,(H2,15,18). The molecule has 1 heterocycles. The lowest BCUT2D eigenvalue weighted by molar-refractivity contribution is -0.121. The van der Waals surface area contributed by atoms with E-state index >= 15 is 0 Å². The second kappa shape index (κ2) is 5.63. The smallest absolute Gasteiger partial charge is 0.244 e. The molecular weight excluding hydrogens is 294 g/mol. The number of aliphatic hydroxyl groups excluding tert-OH is 1. The summed E-state index contributed by atoms with van der Waals surface area (Å²) >= 11 is 0. The Hall–Kier alpha value is -1.64. The minimum Gasteiger partial charge on any atom is -0.399 e. The van der Waals surface area contributed by atoms with Crippen LogP contribution in [-0.2, 0) is 21.2 Å². The first-order chi connectivity index (χ1) is 9.77. The van der Waals surface area contributed by atoms with E-state index in [9.17, 15) is 18.3 Å². The van der Waals surface area contributed by atoms with Crippen molar-refractivity contribution in [2.45, 2.75) is 36.8 Å². The molecule has 0 aliphatic carbocycles. The molecule has 1 saturated heterocycles. The number of primary amides is 1. The van der Waals surface area contributed by atoms with Crippen molar-refractivity contribution in [2.24, 2.45) is 5.73 Å². The number of anilines is 1. The molecule has 1 aromatic carbocycles. The first-order valence-electron chi connectivity index (χ1n) is 6.65. The number of nitrogens with zero attached hydrogens (tertiary/aromatic N) is 1. The van der Waals surface area contributed by atoms with Gasteiger partial charge >= 0.3 is 0 Å². The maximum Gasteiger partial charge on any atom is 0.244 e. The van der Waals surface area contributed by atoms with E-state index in [1.807, 2.05) is 6.92 Å². The Morgan fingerprint density at radius 3 is 2.71 bits per heavy atom. The number of hydrogen-bond acceptors (Lipinski definition) is 5. The lowest BCUT2D eigenvalue weighted by atomic mass is 10.1. The number of hydrogen-bond donors (Lipinski definition) is 3. The van der Waals surface area contributed by atoms with Crippen LogP contribution >= 0.6 is 0 Å². The Morgan fingerprint density at radius 2 is 2.14 bits per heavy atom. The van der Waals surface area contributed by atoms with Crippen molar-refractivity contribution in [3.05, 3.63) is 23.8 Å². The largest absolute Gasteiger partial charge is 0.399 e. The summed E-state index contributed by atoms with van der Waals surface area (Å²) in [5.41, 5.74) is 11.8. The van der Waals surface area contributed by atoms with Crippen LogP contribution in [0.1, 0.15) is 18.9 Å². The van der Waals surface area contributed by atoms with Crippen molar-refractivity contribution >= 4 is 21.6 Å². The average Bonchev–Trinajstić information content (AvgIpc) is 2.82. The van der Waals surface area contributed by atoms with Crippen LogP contribution in [0.4, 0.5) is 5.69 Å². The molecule has 8 heteroatoms. The zero-order chi connectivity index (χ0) is 15.8. The van der Waals surface area contributed by atoms with Crippen molar-refractivity contribution < 1.29 is 18.3 Å². The van der Waals surface area contributed by atoms with E-state index in [1.54, 1.807) is 12.1 Å². The van der Waals surface area contributed by atoms with Gasteiger partial charge < -0.3 is 16.6 Å². The fraction of sp³-hybridized carbons (Fsp3) is 0.462. The number of amides is 1. The molecule has 0 radical (unpaired) electrons. The van der Waals surface area contributed by atoms with Gasteiger partial charge in [-0.1, -0.05) is 13.0 Å². The topological polar surface area (TPSA) is 127 Å². The number of nitrogen functional groups attached to an aromatic ring is 1. The van der Waals surface area contributed by atoms with Gasteiger partial charge in [-0.05, 0) is 24.1 Å². The number of β-amino-alcohol motifs (C(OH)–C–C–N with tert-alkyl or cyclic N) is 1. The summed E-state index contributed by atoms with van der Waals surface area (Å²) in [5.74, 6) is -0.767. The number of benzene rings is 1. The molecule has 1 aromatic rings. The van der Waals surface area contributed by atoms with Crippen LogP contribution in [0.15, 0.2) is 23.1 Å². The summed E-state index contributed by atoms with van der Waals surface area (Å²) in [4.78, 5) is 11.5. The number of aliphatic hydroxyl groups is 1. The fourth-order valence-electron chi connectivity index (χ4n) is 2.54. The number of carbonyl (C=O) groups is 1. The maximum atomic E-state index is 12.8. The van der Waals surface area contributed by atoms with Crippen LogP contribution < -0.4 is 11.5 Å². The van der Waals surface area contributed by atoms with E-state index in [0.717, 1.165) is 4.31 Å². The highest BCUT2D eigenvalue weighted by Crippen LogP contribution is 2.29. The molecule has 7 nitrogen and oxygen atoms in total. The summed E-state index contributed by atoms with van der Waals surface area (Å²) in [5, 5.41) is 9.67. The third-order valence-corrected chi connectivity index (χ3v) is 5.58. The van der Waals surface area contributed by atoms with E-state index in [2.05, 4.69) is 0 Å². The van der Waals surface area contributed by atoms with Gasteiger partial charge in [0.1, 0.15) is 6.04 Å². The van der Waals surface area contributed by atoms with Crippen LogP contribution in [0.25, 0.3) is 0 Å². The van der Waals surface area contributed by atoms with Crippen LogP contribution in [0.2, 0.25) is 0 Å². The number of aryl methyl sites for hydroxylation is 1. The van der Waals surface area contributed by atoms with Crippen LogP contribution in [0.3, 0.4) is 0 Å². The van der Waals surface area contributed by atoms with Gasteiger partial charge in [0.15, 0.2) is 0 Å². The third-order valence-electron chi connectivity index (χ3n) is 3.62. The highest BCUT2D eigenvalue weighted by Gasteiger charge is 2.43. The molecule has 2 rings (SSSR count). The quantitative estimate of drug-likeness (QED) is 0.642. The molecule has 21 heavy (non-hydrogen) atoms. The summed E-state index contributed by atoms with van der Waals surface area (Å²) in [6, 6.07) is 3.61. The van der Waals surface area contributed by atoms with Crippen molar-refractivity contribution in [1.82, 2.24) is 4.31 Å². The minimum absolute atomic E-state index is 0.0122. The molecule has 0 bridgehead atoms. The Labute approximate surface area is 123 Å². The van der Waals surface area contributed by atoms with Gasteiger partial charge in [0, 0.05) is 18.7 Å². The third kappa shape index (κ3) is 2.87. The first kappa shape index (κ1) is 15.7. The summed E-state index contributed by atoms with van der Waals surface area (Å²) in [6.45, 7) is 1.68. The molecule has 1 amide bonds. The van der Waals surface area contributed by atoms with Crippen molar-refractivity contribution in [2.75, 3.05) is 12.3 Å². The molecule has 116 valence electrons. The van der Waals surface area contributed by atoms with E-state index in [0.29, 0.717) is 17.7 Å². The second-order valence-corrected chi connectivity index (χ2v) is 6.96. The molecule has 2 atom stereocenters. The lowest BCUT2D eigenvalue weighted by Gasteiger charge is -2.23. The zero-order valence-electron chi connectivity index (χ0n) is 11.7. The van der Waals surface area contributed by atoms with Crippen LogP contribution in [-0.4, -0.2) is 42.4 Å². The van der Waals surface area contributed by atoms with Gasteiger partial charge in [0.2, 0.25) is 15.9 Å². The molecular formula is C13H19N3O4S. The Balaban J connectivity index is 2.51. The molecule has 1 aliphatic rings. The summed E-state index contributed by atoms with van der Waals surface area (Å²) in [7, 11) is -3.94. The molecule has 1 aliphatic heterocycles. The van der Waals surface area contributed by atoms with Crippen molar-refractivity contribution in [3.8, 4) is 0 Å². The van der Waals surface area contributed by atoms with Crippen molar-refractivity contribution in [1.29, 1.82) is 0 Å². The summed E-state index contributed by atoms with van der Waals surface area (Å²) in [6.07, 6.45) is -0.381. The van der Waals surface area contributed by atoms with E-state index in [-0.39, 0.29) is 17.9 Å². The monoisotopic (exact) mass is 313 g/mol. The van der Waals surface area contributed by atoms with Gasteiger partial charge in [-0.25, -0.2) is 8.42 Å². The molecule has 0 spiro atoms. The minimum atomic E-state index is -3.94. The van der Waals surface area contributed by atoms with Gasteiger partial charge in [0.25, 0.3) is 0 Å². The van der Waals surface area contributed by atoms with Crippen LogP contribution in [0, 0.1) is 0 Å². The van der Waals surface area contributed by atoms with Gasteiger partial charge in [-0.2, -0.15) is 4.31 Å². The highest BCUT2D eigenvalue weighted by atomic mass is 32.2. The number of rotatable bonds is 4. The number of carbonyl (C=O) groups excluding carboxylic acids is 1. The highest BCUT2D eigenvalue weighted by molar-refractivity contribution is 7.89. The summed E-state index contributed by atoms with van der Waals surface area (Å²) < 4.78 is 26.5. The maximum absolute atomic E-state index is 12.8. The molecule has 1 fully saturated rings. The second-order valence-electron chi connectivity index (χ2n) is 5.10.